The van der Waals surface area contributed by atoms with Gasteiger partial charge in [0.05, 0.1) is 39.0 Å². The number of hydrogen-bond donors (Lipinski definition) is 0. The fourth-order valence-corrected chi connectivity index (χ4v) is 0.784. The highest BCUT2D eigenvalue weighted by Gasteiger charge is 1.89. The van der Waals surface area contributed by atoms with Gasteiger partial charge in [0.25, 0.3) is 0 Å². The average molecular weight is 216 g/mol. The molecule has 0 rings (SSSR count). The lowest BCUT2D eigenvalue weighted by atomic mass is 10.7. The smallest absolute Gasteiger partial charge is 0.111 e. The molecule has 0 aromatic carbocycles. The van der Waals surface area contributed by atoms with E-state index in [1.165, 1.54) is 6.26 Å². The summed E-state index contributed by atoms with van der Waals surface area (Å²) in [4.78, 5) is 0. The Morgan fingerprint density at radius 2 is 1.40 bits per heavy atom. The van der Waals surface area contributed by atoms with E-state index < -0.39 is 0 Å². The molecule has 88 valence electrons. The second-order valence-electron chi connectivity index (χ2n) is 2.60. The van der Waals surface area contributed by atoms with Gasteiger partial charge < -0.3 is 18.9 Å². The van der Waals surface area contributed by atoms with Crippen LogP contribution in [0.2, 0.25) is 0 Å². The summed E-state index contributed by atoms with van der Waals surface area (Å²) in [6, 6.07) is 0. The summed E-state index contributed by atoms with van der Waals surface area (Å²) in [5.74, 6) is 0. The number of ether oxygens (including phenoxy) is 4. The Morgan fingerprint density at radius 1 is 0.867 bits per heavy atom. The summed E-state index contributed by atoms with van der Waals surface area (Å²) in [7, 11) is 0. The zero-order chi connectivity index (χ0) is 11.2. The van der Waals surface area contributed by atoms with Crippen LogP contribution in [0.4, 0.5) is 0 Å². The average Bonchev–Trinajstić information content (AvgIpc) is 2.26. The first kappa shape index (κ1) is 14.0. The molecular weight excluding hydrogens is 196 g/mol. The molecular formula is C11H20O4. The second kappa shape index (κ2) is 13.0. The predicted molar refractivity (Wildman–Crippen MR) is 58.6 cm³/mol. The van der Waals surface area contributed by atoms with Gasteiger partial charge in [0.1, 0.15) is 13.2 Å². The molecule has 0 bridgehead atoms. The van der Waals surface area contributed by atoms with Crippen LogP contribution in [-0.2, 0) is 18.9 Å². The first-order valence-electron chi connectivity index (χ1n) is 5.02. The Balaban J connectivity index is 2.89. The van der Waals surface area contributed by atoms with Gasteiger partial charge >= 0.3 is 0 Å². The molecule has 4 heteroatoms. The minimum absolute atomic E-state index is 0.536. The van der Waals surface area contributed by atoms with Crippen molar-refractivity contribution < 1.29 is 18.9 Å². The summed E-state index contributed by atoms with van der Waals surface area (Å²) < 4.78 is 20.4. The summed E-state index contributed by atoms with van der Waals surface area (Å²) >= 11 is 0. The van der Waals surface area contributed by atoms with Crippen molar-refractivity contribution >= 4 is 0 Å². The van der Waals surface area contributed by atoms with Crippen LogP contribution in [0.3, 0.4) is 0 Å². The third-order valence-corrected chi connectivity index (χ3v) is 1.41. The fourth-order valence-electron chi connectivity index (χ4n) is 0.784. The highest BCUT2D eigenvalue weighted by Crippen LogP contribution is 1.83. The molecule has 0 heterocycles. The van der Waals surface area contributed by atoms with Gasteiger partial charge in [-0.1, -0.05) is 12.7 Å². The van der Waals surface area contributed by atoms with Crippen LogP contribution in [0, 0.1) is 0 Å². The minimum Gasteiger partial charge on any atom is -0.499 e. The topological polar surface area (TPSA) is 36.9 Å². The molecule has 0 amide bonds. The van der Waals surface area contributed by atoms with E-state index >= 15 is 0 Å². The quantitative estimate of drug-likeness (QED) is 0.389. The molecule has 0 aliphatic heterocycles. The number of rotatable bonds is 11. The Hall–Kier alpha value is -1.00. The van der Waals surface area contributed by atoms with Crippen molar-refractivity contribution in [2.24, 2.45) is 0 Å². The Labute approximate surface area is 91.5 Å². The third-order valence-electron chi connectivity index (χ3n) is 1.41. The van der Waals surface area contributed by atoms with Crippen LogP contribution in [0.1, 0.15) is 6.92 Å². The monoisotopic (exact) mass is 216 g/mol. The zero-order valence-corrected chi connectivity index (χ0v) is 9.31. The van der Waals surface area contributed by atoms with Gasteiger partial charge in [-0.2, -0.15) is 0 Å². The van der Waals surface area contributed by atoms with Gasteiger partial charge in [-0.3, -0.25) is 0 Å². The van der Waals surface area contributed by atoms with Crippen LogP contribution in [0.25, 0.3) is 0 Å². The van der Waals surface area contributed by atoms with E-state index in [1.54, 1.807) is 6.26 Å². The maximum Gasteiger partial charge on any atom is 0.111 e. The molecule has 0 aliphatic rings. The Kier molecular flexibility index (Phi) is 12.1. The molecule has 0 unspecified atom stereocenters. The zero-order valence-electron chi connectivity index (χ0n) is 9.31. The predicted octanol–water partition coefficient (Wildman–Crippen LogP) is 1.73. The molecule has 4 nitrogen and oxygen atoms in total. The molecule has 0 aromatic heterocycles. The number of hydrogen-bond acceptors (Lipinski definition) is 4. The van der Waals surface area contributed by atoms with Gasteiger partial charge in [0.15, 0.2) is 0 Å². The van der Waals surface area contributed by atoms with Crippen molar-refractivity contribution in [3.8, 4) is 0 Å². The molecule has 0 saturated heterocycles. The van der Waals surface area contributed by atoms with Gasteiger partial charge in [0.2, 0.25) is 0 Å². The maximum absolute atomic E-state index is 5.24. The van der Waals surface area contributed by atoms with E-state index in [4.69, 9.17) is 18.9 Å². The summed E-state index contributed by atoms with van der Waals surface area (Å²) in [6.07, 6.45) is 4.88. The third kappa shape index (κ3) is 13.0. The van der Waals surface area contributed by atoms with Crippen molar-refractivity contribution in [1.29, 1.82) is 0 Å². The van der Waals surface area contributed by atoms with Crippen molar-refractivity contribution in [2.75, 3.05) is 39.6 Å². The number of allylic oxidation sites excluding steroid dienone is 1. The van der Waals surface area contributed by atoms with Crippen LogP contribution >= 0.6 is 0 Å². The molecule has 15 heavy (non-hydrogen) atoms. The Bertz CT molecular complexity index is 157. The minimum atomic E-state index is 0.536. The van der Waals surface area contributed by atoms with E-state index in [2.05, 4.69) is 6.58 Å². The van der Waals surface area contributed by atoms with Gasteiger partial charge in [-0.15, -0.1) is 0 Å². The molecule has 0 atom stereocenters. The van der Waals surface area contributed by atoms with Crippen molar-refractivity contribution in [1.82, 2.24) is 0 Å². The van der Waals surface area contributed by atoms with Crippen LogP contribution in [-0.4, -0.2) is 39.6 Å². The van der Waals surface area contributed by atoms with E-state index in [9.17, 15) is 0 Å². The normalized spacial score (nSPS) is 10.5. The largest absolute Gasteiger partial charge is 0.499 e. The van der Waals surface area contributed by atoms with Gasteiger partial charge in [0, 0.05) is 0 Å². The highest BCUT2D eigenvalue weighted by molar-refractivity contribution is 4.64. The van der Waals surface area contributed by atoms with Gasteiger partial charge in [-0.25, -0.2) is 0 Å². The van der Waals surface area contributed by atoms with Crippen molar-refractivity contribution in [2.45, 2.75) is 6.92 Å². The fraction of sp³-hybridized carbons (Fsp3) is 0.636. The maximum atomic E-state index is 5.24. The summed E-state index contributed by atoms with van der Waals surface area (Å²) in [6.45, 7) is 8.72. The SMILES string of the molecule is C=COCCOCCOCCOC=CC. The highest BCUT2D eigenvalue weighted by atomic mass is 16.5. The molecule has 0 aliphatic carbocycles. The van der Waals surface area contributed by atoms with Crippen LogP contribution in [0.5, 0.6) is 0 Å². The van der Waals surface area contributed by atoms with E-state index in [1.807, 2.05) is 13.0 Å². The molecule has 0 N–H and O–H groups in total. The lowest BCUT2D eigenvalue weighted by molar-refractivity contribution is 0.0185. The lowest BCUT2D eigenvalue weighted by Crippen LogP contribution is -2.10. The molecule has 0 fully saturated rings. The molecule has 0 saturated carbocycles. The van der Waals surface area contributed by atoms with Crippen molar-refractivity contribution in [3.05, 3.63) is 25.2 Å². The standard InChI is InChI=1S/C11H20O4/c1-3-5-13-8-9-15-11-10-14-7-6-12-4-2/h3-5H,2,6-11H2,1H3. The molecule has 0 spiro atoms. The molecule has 0 radical (unpaired) electrons. The molecule has 0 aromatic rings. The summed E-state index contributed by atoms with van der Waals surface area (Å²) in [5, 5.41) is 0. The first-order valence-corrected chi connectivity index (χ1v) is 5.02. The van der Waals surface area contributed by atoms with E-state index in [0.717, 1.165) is 0 Å². The Morgan fingerprint density at radius 3 is 1.93 bits per heavy atom. The van der Waals surface area contributed by atoms with E-state index in [0.29, 0.717) is 39.6 Å². The second-order valence-corrected chi connectivity index (χ2v) is 2.60. The first-order chi connectivity index (χ1) is 7.41. The van der Waals surface area contributed by atoms with E-state index in [-0.39, 0.29) is 0 Å². The van der Waals surface area contributed by atoms with Crippen molar-refractivity contribution in [3.63, 3.8) is 0 Å². The lowest BCUT2D eigenvalue weighted by Gasteiger charge is -2.05. The van der Waals surface area contributed by atoms with Crippen LogP contribution < -0.4 is 0 Å². The van der Waals surface area contributed by atoms with Gasteiger partial charge in [-0.05, 0) is 6.92 Å². The van der Waals surface area contributed by atoms with Crippen LogP contribution in [0.15, 0.2) is 25.2 Å². The summed E-state index contributed by atoms with van der Waals surface area (Å²) in [5.41, 5.74) is 0.